The van der Waals surface area contributed by atoms with Gasteiger partial charge in [-0.1, -0.05) is 42.5 Å². The van der Waals surface area contributed by atoms with Crippen molar-refractivity contribution in [1.82, 2.24) is 4.90 Å². The van der Waals surface area contributed by atoms with Crippen molar-refractivity contribution in [2.45, 2.75) is 25.2 Å². The lowest BCUT2D eigenvalue weighted by atomic mass is 9.89. The van der Waals surface area contributed by atoms with Gasteiger partial charge in [0.2, 0.25) is 0 Å². The fourth-order valence-corrected chi connectivity index (χ4v) is 4.01. The van der Waals surface area contributed by atoms with Crippen LogP contribution in [-0.4, -0.2) is 41.6 Å². The molecule has 0 spiro atoms. The fraction of sp³-hybridized carbons (Fsp3) is 0.280. The molecule has 1 amide bonds. The van der Waals surface area contributed by atoms with E-state index >= 15 is 0 Å². The number of rotatable bonds is 6. The van der Waals surface area contributed by atoms with Crippen molar-refractivity contribution in [2.75, 3.05) is 19.7 Å². The molecule has 3 aromatic rings. The van der Waals surface area contributed by atoms with Crippen molar-refractivity contribution in [3.05, 3.63) is 77.9 Å². The number of hydrogen-bond donors (Lipinski definition) is 1. The molecular weight excluding hydrogens is 378 g/mol. The van der Waals surface area contributed by atoms with Crippen LogP contribution >= 0.6 is 0 Å². The highest BCUT2D eigenvalue weighted by Crippen LogP contribution is 2.30. The van der Waals surface area contributed by atoms with E-state index in [1.54, 1.807) is 0 Å². The van der Waals surface area contributed by atoms with Crippen molar-refractivity contribution in [3.63, 3.8) is 0 Å². The lowest BCUT2D eigenvalue weighted by molar-refractivity contribution is -0.137. The van der Waals surface area contributed by atoms with Gasteiger partial charge in [-0.25, -0.2) is 0 Å². The molecule has 154 valence electrons. The molecule has 0 radical (unpaired) electrons. The van der Waals surface area contributed by atoms with Gasteiger partial charge in [-0.3, -0.25) is 9.59 Å². The Hall–Kier alpha value is -3.34. The summed E-state index contributed by atoms with van der Waals surface area (Å²) in [6.45, 7) is 1.66. The summed E-state index contributed by atoms with van der Waals surface area (Å²) in [7, 11) is 0. The minimum absolute atomic E-state index is 0.00848. The summed E-state index contributed by atoms with van der Waals surface area (Å²) in [6, 6.07) is 21.9. The van der Waals surface area contributed by atoms with Crippen molar-refractivity contribution in [3.8, 4) is 5.75 Å². The minimum atomic E-state index is -0.864. The maximum absolute atomic E-state index is 12.9. The standard InChI is InChI=1S/C25H25NO4/c27-24(28)13-16-30-23-9-7-19(8-10-23)20-11-14-26(15-12-20)25(29)22-6-5-18-3-1-2-4-21(18)17-22/h1-10,17,20H,11-16H2,(H,27,28). The Bertz CT molecular complexity index is 1040. The number of nitrogens with zero attached hydrogens (tertiary/aromatic N) is 1. The summed E-state index contributed by atoms with van der Waals surface area (Å²) in [5.41, 5.74) is 1.98. The van der Waals surface area contributed by atoms with E-state index in [9.17, 15) is 9.59 Å². The number of hydrogen-bond acceptors (Lipinski definition) is 3. The van der Waals surface area contributed by atoms with E-state index in [1.807, 2.05) is 65.6 Å². The SMILES string of the molecule is O=C(O)CCOc1ccc(C2CCN(C(=O)c3ccc4ccccc4c3)CC2)cc1. The molecule has 0 aromatic heterocycles. The smallest absolute Gasteiger partial charge is 0.306 e. The lowest BCUT2D eigenvalue weighted by Gasteiger charge is -2.32. The number of likely N-dealkylation sites (tertiary alicyclic amines) is 1. The van der Waals surface area contributed by atoms with Gasteiger partial charge in [0, 0.05) is 18.7 Å². The molecule has 0 bridgehead atoms. The van der Waals surface area contributed by atoms with Gasteiger partial charge in [0.25, 0.3) is 5.91 Å². The fourth-order valence-electron chi connectivity index (χ4n) is 4.01. The number of fused-ring (bicyclic) bond motifs is 1. The van der Waals surface area contributed by atoms with E-state index in [-0.39, 0.29) is 18.9 Å². The van der Waals surface area contributed by atoms with Crippen molar-refractivity contribution < 1.29 is 19.4 Å². The molecule has 0 saturated carbocycles. The van der Waals surface area contributed by atoms with E-state index < -0.39 is 5.97 Å². The zero-order valence-electron chi connectivity index (χ0n) is 16.8. The number of benzene rings is 3. The molecule has 5 nitrogen and oxygen atoms in total. The summed E-state index contributed by atoms with van der Waals surface area (Å²) in [6.07, 6.45) is 1.85. The Balaban J connectivity index is 1.33. The van der Waals surface area contributed by atoms with E-state index in [1.165, 1.54) is 5.56 Å². The zero-order chi connectivity index (χ0) is 20.9. The third-order valence-corrected chi connectivity index (χ3v) is 5.71. The van der Waals surface area contributed by atoms with Crippen LogP contribution in [0.1, 0.15) is 41.1 Å². The molecule has 0 atom stereocenters. The van der Waals surface area contributed by atoms with Gasteiger partial charge in [0.15, 0.2) is 0 Å². The lowest BCUT2D eigenvalue weighted by Crippen LogP contribution is -2.37. The average molecular weight is 403 g/mol. The highest BCUT2D eigenvalue weighted by Gasteiger charge is 2.24. The number of amides is 1. The van der Waals surface area contributed by atoms with Crippen LogP contribution in [0.4, 0.5) is 0 Å². The van der Waals surface area contributed by atoms with Crippen LogP contribution in [0.15, 0.2) is 66.7 Å². The van der Waals surface area contributed by atoms with Crippen LogP contribution in [0.25, 0.3) is 10.8 Å². The van der Waals surface area contributed by atoms with Crippen molar-refractivity contribution >= 4 is 22.6 Å². The maximum Gasteiger partial charge on any atom is 0.306 e. The highest BCUT2D eigenvalue weighted by molar-refractivity contribution is 5.98. The van der Waals surface area contributed by atoms with Crippen molar-refractivity contribution in [2.24, 2.45) is 0 Å². The predicted molar refractivity (Wildman–Crippen MR) is 116 cm³/mol. The Morgan fingerprint density at radius 2 is 1.63 bits per heavy atom. The quantitative estimate of drug-likeness (QED) is 0.647. The molecule has 4 rings (SSSR count). The maximum atomic E-state index is 12.9. The Morgan fingerprint density at radius 1 is 0.933 bits per heavy atom. The predicted octanol–water partition coefficient (Wildman–Crippen LogP) is 4.71. The van der Waals surface area contributed by atoms with Crippen LogP contribution < -0.4 is 4.74 Å². The van der Waals surface area contributed by atoms with Crippen LogP contribution in [-0.2, 0) is 4.79 Å². The highest BCUT2D eigenvalue weighted by atomic mass is 16.5. The normalized spacial score (nSPS) is 14.6. The van der Waals surface area contributed by atoms with Gasteiger partial charge >= 0.3 is 5.97 Å². The largest absolute Gasteiger partial charge is 0.493 e. The van der Waals surface area contributed by atoms with Gasteiger partial charge in [-0.05, 0) is 59.4 Å². The monoisotopic (exact) mass is 403 g/mol. The van der Waals surface area contributed by atoms with E-state index in [2.05, 4.69) is 6.07 Å². The molecule has 0 unspecified atom stereocenters. The first-order chi connectivity index (χ1) is 14.6. The third-order valence-electron chi connectivity index (χ3n) is 5.71. The number of carbonyl (C=O) groups excluding carboxylic acids is 1. The van der Waals surface area contributed by atoms with Crippen LogP contribution in [0, 0.1) is 0 Å². The van der Waals surface area contributed by atoms with Gasteiger partial charge in [-0.2, -0.15) is 0 Å². The molecule has 1 fully saturated rings. The number of carboxylic acid groups (broad SMARTS) is 1. The summed E-state index contributed by atoms with van der Waals surface area (Å²) in [5, 5.41) is 10.9. The minimum Gasteiger partial charge on any atom is -0.493 e. The second kappa shape index (κ2) is 8.99. The van der Waals surface area contributed by atoms with Gasteiger partial charge in [0.05, 0.1) is 13.0 Å². The van der Waals surface area contributed by atoms with Crippen LogP contribution in [0.3, 0.4) is 0 Å². The first kappa shape index (κ1) is 20.0. The second-order valence-electron chi connectivity index (χ2n) is 7.69. The summed E-state index contributed by atoms with van der Waals surface area (Å²) < 4.78 is 5.45. The number of ether oxygens (including phenoxy) is 1. The summed E-state index contributed by atoms with van der Waals surface area (Å²) in [4.78, 5) is 25.5. The van der Waals surface area contributed by atoms with Crippen LogP contribution in [0.2, 0.25) is 0 Å². The number of piperidine rings is 1. The topological polar surface area (TPSA) is 66.8 Å². The third kappa shape index (κ3) is 4.62. The number of carbonyl (C=O) groups is 2. The molecule has 3 aromatic carbocycles. The molecule has 1 aliphatic heterocycles. The second-order valence-corrected chi connectivity index (χ2v) is 7.69. The number of aliphatic carboxylic acids is 1. The molecule has 30 heavy (non-hydrogen) atoms. The van der Waals surface area contributed by atoms with Crippen molar-refractivity contribution in [1.29, 1.82) is 0 Å². The van der Waals surface area contributed by atoms with E-state index in [0.717, 1.165) is 42.3 Å². The van der Waals surface area contributed by atoms with E-state index in [0.29, 0.717) is 11.7 Å². The molecular formula is C25H25NO4. The summed E-state index contributed by atoms with van der Waals surface area (Å²) >= 11 is 0. The Labute approximate surface area is 175 Å². The van der Waals surface area contributed by atoms with Gasteiger partial charge < -0.3 is 14.7 Å². The molecule has 1 saturated heterocycles. The summed E-state index contributed by atoms with van der Waals surface area (Å²) in [5.74, 6) is 0.334. The molecule has 0 aliphatic carbocycles. The average Bonchev–Trinajstić information content (AvgIpc) is 2.78. The zero-order valence-corrected chi connectivity index (χ0v) is 16.8. The number of carboxylic acids is 1. The first-order valence-electron chi connectivity index (χ1n) is 10.3. The van der Waals surface area contributed by atoms with Gasteiger partial charge in [-0.15, -0.1) is 0 Å². The molecule has 1 N–H and O–H groups in total. The molecule has 1 heterocycles. The molecule has 5 heteroatoms. The van der Waals surface area contributed by atoms with Gasteiger partial charge in [0.1, 0.15) is 5.75 Å². The van der Waals surface area contributed by atoms with E-state index in [4.69, 9.17) is 9.84 Å². The first-order valence-corrected chi connectivity index (χ1v) is 10.3. The Kier molecular flexibility index (Phi) is 5.98. The van der Waals surface area contributed by atoms with Crippen LogP contribution in [0.5, 0.6) is 5.75 Å². The molecule has 1 aliphatic rings. The Morgan fingerprint density at radius 3 is 2.33 bits per heavy atom.